The van der Waals surface area contributed by atoms with Gasteiger partial charge in [0.05, 0.1) is 13.7 Å². The highest BCUT2D eigenvalue weighted by atomic mass is 16.5. The molecule has 5 nitrogen and oxygen atoms in total. The number of hydrogen-bond acceptors (Lipinski definition) is 4. The first-order chi connectivity index (χ1) is 11.2. The van der Waals surface area contributed by atoms with Crippen LogP contribution >= 0.6 is 0 Å². The molecule has 0 saturated carbocycles. The molecule has 0 spiro atoms. The van der Waals surface area contributed by atoms with E-state index in [9.17, 15) is 4.79 Å². The third-order valence-electron chi connectivity index (χ3n) is 4.24. The molecule has 5 heteroatoms. The van der Waals surface area contributed by atoms with Gasteiger partial charge in [0.2, 0.25) is 5.91 Å². The van der Waals surface area contributed by atoms with Crippen LogP contribution in [0.3, 0.4) is 0 Å². The Morgan fingerprint density at radius 2 is 2.04 bits per heavy atom. The van der Waals surface area contributed by atoms with Crippen molar-refractivity contribution in [3.05, 3.63) is 23.8 Å². The van der Waals surface area contributed by atoms with Crippen LogP contribution in [0.2, 0.25) is 0 Å². The van der Waals surface area contributed by atoms with Gasteiger partial charge in [-0.2, -0.15) is 0 Å². The standard InChI is InChI=1S/C18H28N2O3/c1-4-23-16-8-7-15(13-17(16)22-3)6-5-14(2)18(21)20-11-9-19-10-12-20/h7-8,13-14,19H,4-6,9-12H2,1-3H3. The molecule has 1 aromatic rings. The molecule has 1 N–H and O–H groups in total. The number of methoxy groups -OCH3 is 1. The largest absolute Gasteiger partial charge is 0.493 e. The fourth-order valence-electron chi connectivity index (χ4n) is 2.85. The molecule has 1 heterocycles. The molecule has 23 heavy (non-hydrogen) atoms. The summed E-state index contributed by atoms with van der Waals surface area (Å²) in [6, 6.07) is 6.00. The van der Waals surface area contributed by atoms with E-state index >= 15 is 0 Å². The molecule has 1 aliphatic rings. The average molecular weight is 320 g/mol. The zero-order valence-electron chi connectivity index (χ0n) is 14.4. The molecule has 0 radical (unpaired) electrons. The fraction of sp³-hybridized carbons (Fsp3) is 0.611. The summed E-state index contributed by atoms with van der Waals surface area (Å²) in [7, 11) is 1.65. The van der Waals surface area contributed by atoms with E-state index in [1.165, 1.54) is 5.56 Å². The maximum Gasteiger partial charge on any atom is 0.225 e. The molecule has 0 aliphatic carbocycles. The van der Waals surface area contributed by atoms with Crippen LogP contribution in [-0.4, -0.2) is 50.7 Å². The van der Waals surface area contributed by atoms with Gasteiger partial charge in [0.1, 0.15) is 0 Å². The van der Waals surface area contributed by atoms with E-state index in [0.717, 1.165) is 50.5 Å². The second-order valence-corrected chi connectivity index (χ2v) is 5.93. The molecular weight excluding hydrogens is 292 g/mol. The zero-order valence-corrected chi connectivity index (χ0v) is 14.4. The highest BCUT2D eigenvalue weighted by Crippen LogP contribution is 2.29. The predicted molar refractivity (Wildman–Crippen MR) is 91.1 cm³/mol. The number of nitrogens with zero attached hydrogens (tertiary/aromatic N) is 1. The number of amides is 1. The third-order valence-corrected chi connectivity index (χ3v) is 4.24. The number of carbonyl (C=O) groups is 1. The highest BCUT2D eigenvalue weighted by Gasteiger charge is 2.21. The van der Waals surface area contributed by atoms with Gasteiger partial charge in [-0.25, -0.2) is 0 Å². The van der Waals surface area contributed by atoms with Gasteiger partial charge in [-0.1, -0.05) is 13.0 Å². The summed E-state index contributed by atoms with van der Waals surface area (Å²) in [5.74, 6) is 1.84. The summed E-state index contributed by atoms with van der Waals surface area (Å²) < 4.78 is 10.9. The van der Waals surface area contributed by atoms with E-state index < -0.39 is 0 Å². The fourth-order valence-corrected chi connectivity index (χ4v) is 2.85. The molecule has 2 rings (SSSR count). The second-order valence-electron chi connectivity index (χ2n) is 5.93. The van der Waals surface area contributed by atoms with Crippen LogP contribution in [0.1, 0.15) is 25.8 Å². The van der Waals surface area contributed by atoms with Gasteiger partial charge in [-0.3, -0.25) is 4.79 Å². The van der Waals surface area contributed by atoms with E-state index in [1.807, 2.05) is 30.9 Å². The smallest absolute Gasteiger partial charge is 0.225 e. The summed E-state index contributed by atoms with van der Waals surface area (Å²) >= 11 is 0. The minimum absolute atomic E-state index is 0.0469. The molecule has 1 saturated heterocycles. The summed E-state index contributed by atoms with van der Waals surface area (Å²) in [6.07, 6.45) is 1.71. The van der Waals surface area contributed by atoms with Gasteiger partial charge < -0.3 is 19.7 Å². The van der Waals surface area contributed by atoms with Crippen LogP contribution in [-0.2, 0) is 11.2 Å². The lowest BCUT2D eigenvalue weighted by Crippen LogP contribution is -2.48. The Morgan fingerprint density at radius 3 is 2.70 bits per heavy atom. The Labute approximate surface area is 139 Å². The molecule has 0 aromatic heterocycles. The SMILES string of the molecule is CCOc1ccc(CCC(C)C(=O)N2CCNCC2)cc1OC. The highest BCUT2D eigenvalue weighted by molar-refractivity contribution is 5.78. The first kappa shape index (κ1) is 17.6. The van der Waals surface area contributed by atoms with Crippen LogP contribution in [0.5, 0.6) is 11.5 Å². The molecule has 1 amide bonds. The van der Waals surface area contributed by atoms with E-state index in [4.69, 9.17) is 9.47 Å². The molecule has 128 valence electrons. The summed E-state index contributed by atoms with van der Waals surface area (Å²) in [5, 5.41) is 3.27. The van der Waals surface area contributed by atoms with Crippen molar-refractivity contribution in [3.63, 3.8) is 0 Å². The number of carbonyl (C=O) groups excluding carboxylic acids is 1. The zero-order chi connectivity index (χ0) is 16.7. The number of rotatable bonds is 7. The van der Waals surface area contributed by atoms with Crippen molar-refractivity contribution in [1.82, 2.24) is 10.2 Å². The Balaban J connectivity index is 1.90. The average Bonchev–Trinajstić information content (AvgIpc) is 2.60. The minimum Gasteiger partial charge on any atom is -0.493 e. The molecule has 0 bridgehead atoms. The van der Waals surface area contributed by atoms with Crippen LogP contribution in [0, 0.1) is 5.92 Å². The van der Waals surface area contributed by atoms with Crippen molar-refractivity contribution in [2.75, 3.05) is 39.9 Å². The molecule has 1 aliphatic heterocycles. The minimum atomic E-state index is 0.0469. The van der Waals surface area contributed by atoms with Crippen LogP contribution in [0.25, 0.3) is 0 Å². The number of aryl methyl sites for hydroxylation is 1. The molecule has 1 unspecified atom stereocenters. The van der Waals surface area contributed by atoms with Crippen molar-refractivity contribution in [2.24, 2.45) is 5.92 Å². The van der Waals surface area contributed by atoms with E-state index in [2.05, 4.69) is 11.4 Å². The van der Waals surface area contributed by atoms with Crippen molar-refractivity contribution in [1.29, 1.82) is 0 Å². The van der Waals surface area contributed by atoms with Gasteiger partial charge >= 0.3 is 0 Å². The Kier molecular flexibility index (Phi) is 6.71. The van der Waals surface area contributed by atoms with Crippen molar-refractivity contribution in [3.8, 4) is 11.5 Å². The normalized spacial score (nSPS) is 16.0. The maximum absolute atomic E-state index is 12.4. The number of ether oxygens (including phenoxy) is 2. The lowest BCUT2D eigenvalue weighted by Gasteiger charge is -2.29. The number of hydrogen-bond donors (Lipinski definition) is 1. The number of nitrogens with one attached hydrogen (secondary N) is 1. The van der Waals surface area contributed by atoms with Crippen LogP contribution < -0.4 is 14.8 Å². The van der Waals surface area contributed by atoms with Crippen molar-refractivity contribution >= 4 is 5.91 Å². The first-order valence-electron chi connectivity index (χ1n) is 8.45. The number of benzene rings is 1. The molecular formula is C18H28N2O3. The van der Waals surface area contributed by atoms with E-state index in [1.54, 1.807) is 7.11 Å². The van der Waals surface area contributed by atoms with Crippen molar-refractivity contribution in [2.45, 2.75) is 26.7 Å². The van der Waals surface area contributed by atoms with Crippen molar-refractivity contribution < 1.29 is 14.3 Å². The summed E-state index contributed by atoms with van der Waals surface area (Å²) in [5.41, 5.74) is 1.17. The maximum atomic E-state index is 12.4. The van der Waals surface area contributed by atoms with Gasteiger partial charge in [-0.15, -0.1) is 0 Å². The Hall–Kier alpha value is -1.75. The molecule has 1 atom stereocenters. The predicted octanol–water partition coefficient (Wildman–Crippen LogP) is 2.09. The lowest BCUT2D eigenvalue weighted by molar-refractivity contribution is -0.135. The summed E-state index contributed by atoms with van der Waals surface area (Å²) in [6.45, 7) is 8.03. The molecule has 1 fully saturated rings. The molecule has 1 aromatic carbocycles. The topological polar surface area (TPSA) is 50.8 Å². The number of piperazine rings is 1. The van der Waals surface area contributed by atoms with Gasteiger partial charge in [-0.05, 0) is 37.5 Å². The Morgan fingerprint density at radius 1 is 1.30 bits per heavy atom. The summed E-state index contributed by atoms with van der Waals surface area (Å²) in [4.78, 5) is 14.4. The van der Waals surface area contributed by atoms with E-state index in [-0.39, 0.29) is 11.8 Å². The Bertz CT molecular complexity index is 513. The lowest BCUT2D eigenvalue weighted by atomic mass is 9.99. The van der Waals surface area contributed by atoms with Gasteiger partial charge in [0.25, 0.3) is 0 Å². The first-order valence-corrected chi connectivity index (χ1v) is 8.45. The third kappa shape index (κ3) is 4.86. The van der Waals surface area contributed by atoms with Crippen LogP contribution in [0.15, 0.2) is 18.2 Å². The van der Waals surface area contributed by atoms with Gasteiger partial charge in [0.15, 0.2) is 11.5 Å². The van der Waals surface area contributed by atoms with Gasteiger partial charge in [0, 0.05) is 32.1 Å². The monoisotopic (exact) mass is 320 g/mol. The second kappa shape index (κ2) is 8.77. The van der Waals surface area contributed by atoms with Crippen LogP contribution in [0.4, 0.5) is 0 Å². The quantitative estimate of drug-likeness (QED) is 0.836. The van der Waals surface area contributed by atoms with E-state index in [0.29, 0.717) is 6.61 Å².